The largest absolute Gasteiger partial charge is 0.393 e. The van der Waals surface area contributed by atoms with Gasteiger partial charge in [-0.3, -0.25) is 4.79 Å². The topological polar surface area (TPSA) is 37.3 Å². The van der Waals surface area contributed by atoms with Crippen LogP contribution in [0.25, 0.3) is 0 Å². The summed E-state index contributed by atoms with van der Waals surface area (Å²) in [6, 6.07) is 0. The number of hydrogen-bond acceptors (Lipinski definition) is 2. The second-order valence-corrected chi connectivity index (χ2v) is 8.46. The molecule has 2 heteroatoms. The minimum absolute atomic E-state index is 0.0800. The van der Waals surface area contributed by atoms with Crippen molar-refractivity contribution in [3.05, 3.63) is 11.6 Å². The normalized spacial score (nSPS) is 52.7. The van der Waals surface area contributed by atoms with E-state index >= 15 is 0 Å². The minimum atomic E-state index is -0.0800. The van der Waals surface area contributed by atoms with E-state index in [4.69, 9.17) is 0 Å². The summed E-state index contributed by atoms with van der Waals surface area (Å²) < 4.78 is 0. The highest BCUT2D eigenvalue weighted by Crippen LogP contribution is 2.62. The molecule has 1 N–H and O–H groups in total. The van der Waals surface area contributed by atoms with Crippen molar-refractivity contribution < 1.29 is 9.90 Å². The van der Waals surface area contributed by atoms with Gasteiger partial charge in [-0.1, -0.05) is 19.4 Å². The Labute approximate surface area is 128 Å². The number of aliphatic hydroxyl groups is 1. The van der Waals surface area contributed by atoms with E-state index in [1.54, 1.807) is 0 Å². The summed E-state index contributed by atoms with van der Waals surface area (Å²) in [6.07, 6.45) is 9.67. The third kappa shape index (κ3) is 1.91. The SMILES string of the molecule is CC1C[C@@H]2[C@H](CC[C@]3(C)[C@@H](O)CC[C@@H]23)[C@H]2CCC(=O)C=C12. The van der Waals surface area contributed by atoms with Crippen molar-refractivity contribution in [2.75, 3.05) is 0 Å². The van der Waals surface area contributed by atoms with E-state index in [2.05, 4.69) is 13.8 Å². The van der Waals surface area contributed by atoms with Crippen LogP contribution in [0, 0.1) is 35.0 Å². The zero-order valence-electron chi connectivity index (χ0n) is 13.3. The maximum absolute atomic E-state index is 11.8. The van der Waals surface area contributed by atoms with Crippen LogP contribution < -0.4 is 0 Å². The van der Waals surface area contributed by atoms with Crippen LogP contribution in [0.1, 0.15) is 58.8 Å². The molecule has 0 amide bonds. The van der Waals surface area contributed by atoms with E-state index in [-0.39, 0.29) is 11.5 Å². The monoisotopic (exact) mass is 288 g/mol. The summed E-state index contributed by atoms with van der Waals surface area (Å²) >= 11 is 0. The number of ketones is 1. The maximum atomic E-state index is 11.8. The fourth-order valence-electron chi connectivity index (χ4n) is 6.47. The molecule has 21 heavy (non-hydrogen) atoms. The van der Waals surface area contributed by atoms with Crippen LogP contribution in [0.2, 0.25) is 0 Å². The number of carbonyl (C=O) groups excluding carboxylic acids is 1. The van der Waals surface area contributed by atoms with Gasteiger partial charge >= 0.3 is 0 Å². The molecule has 0 aromatic rings. The van der Waals surface area contributed by atoms with E-state index in [1.165, 1.54) is 31.3 Å². The third-order valence-electron chi connectivity index (χ3n) is 7.61. The van der Waals surface area contributed by atoms with Gasteiger partial charge in [-0.15, -0.1) is 0 Å². The summed E-state index contributed by atoms with van der Waals surface area (Å²) in [5.41, 5.74) is 1.64. The van der Waals surface area contributed by atoms with Gasteiger partial charge in [-0.2, -0.15) is 0 Å². The molecule has 4 rings (SSSR count). The summed E-state index contributed by atoms with van der Waals surface area (Å²) in [5.74, 6) is 3.87. The van der Waals surface area contributed by atoms with Crippen molar-refractivity contribution in [1.82, 2.24) is 0 Å². The molecule has 4 aliphatic carbocycles. The van der Waals surface area contributed by atoms with Crippen molar-refractivity contribution in [3.63, 3.8) is 0 Å². The molecule has 0 spiro atoms. The highest BCUT2D eigenvalue weighted by molar-refractivity contribution is 5.91. The van der Waals surface area contributed by atoms with E-state index in [9.17, 15) is 9.90 Å². The average molecular weight is 288 g/mol. The maximum Gasteiger partial charge on any atom is 0.155 e. The van der Waals surface area contributed by atoms with Crippen LogP contribution in [0.5, 0.6) is 0 Å². The molecule has 0 saturated heterocycles. The fourth-order valence-corrected chi connectivity index (χ4v) is 6.47. The molecule has 0 aromatic heterocycles. The van der Waals surface area contributed by atoms with Crippen molar-refractivity contribution in [2.45, 2.75) is 64.9 Å². The lowest BCUT2D eigenvalue weighted by atomic mass is 9.50. The molecule has 0 bridgehead atoms. The average Bonchev–Trinajstić information content (AvgIpc) is 2.76. The van der Waals surface area contributed by atoms with Gasteiger partial charge in [0.05, 0.1) is 6.10 Å². The van der Waals surface area contributed by atoms with Crippen LogP contribution in [-0.2, 0) is 4.79 Å². The van der Waals surface area contributed by atoms with Crippen LogP contribution in [0.3, 0.4) is 0 Å². The number of allylic oxidation sites excluding steroid dienone is 1. The van der Waals surface area contributed by atoms with E-state index < -0.39 is 0 Å². The van der Waals surface area contributed by atoms with Crippen LogP contribution in [-0.4, -0.2) is 17.0 Å². The number of hydrogen-bond donors (Lipinski definition) is 1. The Bertz CT molecular complexity index is 494. The van der Waals surface area contributed by atoms with Gasteiger partial charge in [0, 0.05) is 6.42 Å². The molecule has 0 aliphatic heterocycles. The molecule has 1 unspecified atom stereocenters. The highest BCUT2D eigenvalue weighted by Gasteiger charge is 2.56. The van der Waals surface area contributed by atoms with E-state index in [0.29, 0.717) is 23.5 Å². The Morgan fingerprint density at radius 1 is 1.19 bits per heavy atom. The van der Waals surface area contributed by atoms with Gasteiger partial charge in [0.25, 0.3) is 0 Å². The molecule has 0 heterocycles. The van der Waals surface area contributed by atoms with Gasteiger partial charge in [-0.05, 0) is 79.6 Å². The summed E-state index contributed by atoms with van der Waals surface area (Å²) in [4.78, 5) is 11.8. The predicted octanol–water partition coefficient (Wildman–Crippen LogP) is 3.74. The third-order valence-corrected chi connectivity index (χ3v) is 7.61. The fraction of sp³-hybridized carbons (Fsp3) is 0.842. The Morgan fingerprint density at radius 3 is 2.81 bits per heavy atom. The predicted molar refractivity (Wildman–Crippen MR) is 82.6 cm³/mol. The van der Waals surface area contributed by atoms with Gasteiger partial charge in [-0.25, -0.2) is 0 Å². The molecular weight excluding hydrogens is 260 g/mol. The lowest BCUT2D eigenvalue weighted by Crippen LogP contribution is -2.49. The summed E-state index contributed by atoms with van der Waals surface area (Å²) in [6.45, 7) is 4.66. The molecule has 2 nitrogen and oxygen atoms in total. The van der Waals surface area contributed by atoms with Crippen molar-refractivity contribution in [1.29, 1.82) is 0 Å². The van der Waals surface area contributed by atoms with Crippen molar-refractivity contribution in [3.8, 4) is 0 Å². The first-order chi connectivity index (χ1) is 10.0. The molecule has 116 valence electrons. The zero-order valence-corrected chi connectivity index (χ0v) is 13.3. The molecular formula is C19H28O2. The lowest BCUT2D eigenvalue weighted by Gasteiger charge is -2.54. The molecule has 4 aliphatic rings. The van der Waals surface area contributed by atoms with E-state index in [1.807, 2.05) is 6.08 Å². The van der Waals surface area contributed by atoms with Gasteiger partial charge < -0.3 is 5.11 Å². The lowest BCUT2D eigenvalue weighted by molar-refractivity contribution is -0.116. The molecule has 3 fully saturated rings. The number of aliphatic hydroxyl groups excluding tert-OH is 1. The molecule has 0 radical (unpaired) electrons. The molecule has 3 saturated carbocycles. The van der Waals surface area contributed by atoms with Crippen molar-refractivity contribution >= 4 is 5.78 Å². The van der Waals surface area contributed by atoms with Crippen LogP contribution in [0.15, 0.2) is 11.6 Å². The first-order valence-corrected chi connectivity index (χ1v) is 8.93. The highest BCUT2D eigenvalue weighted by atomic mass is 16.3. The van der Waals surface area contributed by atoms with Crippen LogP contribution in [0.4, 0.5) is 0 Å². The minimum Gasteiger partial charge on any atom is -0.393 e. The summed E-state index contributed by atoms with van der Waals surface area (Å²) in [7, 11) is 0. The number of carbonyl (C=O) groups is 1. The molecule has 7 atom stereocenters. The number of rotatable bonds is 0. The first-order valence-electron chi connectivity index (χ1n) is 8.93. The Hall–Kier alpha value is -0.630. The zero-order chi connectivity index (χ0) is 14.8. The second kappa shape index (κ2) is 4.68. The van der Waals surface area contributed by atoms with Crippen molar-refractivity contribution in [2.24, 2.45) is 35.0 Å². The van der Waals surface area contributed by atoms with Gasteiger partial charge in [0.2, 0.25) is 0 Å². The van der Waals surface area contributed by atoms with Gasteiger partial charge in [0.15, 0.2) is 5.78 Å². The smallest absolute Gasteiger partial charge is 0.155 e. The standard InChI is InChI=1S/C19H28O2/c1-11-9-16-14(13-4-3-12(20)10-15(11)13)7-8-19(2)17(16)5-6-18(19)21/h10-11,13-14,16-18,21H,3-9H2,1-2H3/t11?,13-,14-,16-,17+,18+,19+/m1/s1. The molecule has 0 aromatic carbocycles. The number of fused-ring (bicyclic) bond motifs is 5. The Balaban J connectivity index is 1.67. The van der Waals surface area contributed by atoms with Gasteiger partial charge in [0.1, 0.15) is 0 Å². The second-order valence-electron chi connectivity index (χ2n) is 8.46. The summed E-state index contributed by atoms with van der Waals surface area (Å²) in [5, 5.41) is 10.5. The quantitative estimate of drug-likeness (QED) is 0.737. The Kier molecular flexibility index (Phi) is 3.12. The van der Waals surface area contributed by atoms with Crippen LogP contribution >= 0.6 is 0 Å². The van der Waals surface area contributed by atoms with E-state index in [0.717, 1.165) is 31.1 Å². The first kappa shape index (κ1) is 14.0. The Morgan fingerprint density at radius 2 is 2.00 bits per heavy atom.